The topological polar surface area (TPSA) is 184 Å². The Hall–Kier alpha value is -3.71. The Kier molecular flexibility index (Phi) is 8.70. The first kappa shape index (κ1) is 25.5. The van der Waals surface area contributed by atoms with Crippen molar-refractivity contribution in [1.82, 2.24) is 0 Å². The van der Waals surface area contributed by atoms with Crippen LogP contribution in [0.2, 0.25) is 0 Å². The Morgan fingerprint density at radius 1 is 0.848 bits per heavy atom. The van der Waals surface area contributed by atoms with E-state index in [2.05, 4.69) is 5.32 Å². The summed E-state index contributed by atoms with van der Waals surface area (Å²) in [6, 6.07) is 6.01. The van der Waals surface area contributed by atoms with E-state index in [1.54, 1.807) is 0 Å². The molecule has 2 rings (SSSR count). The minimum atomic E-state index is -1.92. The molecule has 5 unspecified atom stereocenters. The van der Waals surface area contributed by atoms with Gasteiger partial charge in [-0.15, -0.1) is 0 Å². The number of nitrogens with one attached hydrogen (secondary N) is 1. The summed E-state index contributed by atoms with van der Waals surface area (Å²) in [5.41, 5.74) is 0.852. The summed E-state index contributed by atoms with van der Waals surface area (Å²) in [7, 11) is 0. The molecule has 0 bridgehead atoms. The van der Waals surface area contributed by atoms with Gasteiger partial charge in [0.1, 0.15) is 0 Å². The van der Waals surface area contributed by atoms with E-state index in [1.165, 1.54) is 24.3 Å². The van der Waals surface area contributed by atoms with Crippen molar-refractivity contribution >= 4 is 35.7 Å². The molecule has 1 aliphatic rings. The third-order valence-electron chi connectivity index (χ3n) is 4.25. The van der Waals surface area contributed by atoms with Crippen LogP contribution in [-0.4, -0.2) is 70.9 Å². The quantitative estimate of drug-likeness (QED) is 0.368. The number of hydrogen-bond donors (Lipinski definition) is 3. The van der Waals surface area contributed by atoms with Crippen LogP contribution in [-0.2, 0) is 49.5 Å². The van der Waals surface area contributed by atoms with Crippen LogP contribution in [0.4, 0.5) is 10.5 Å². The maximum atomic E-state index is 12.4. The largest absolute Gasteiger partial charge is 0.479 e. The number of hydrogen-bond acceptors (Lipinski definition) is 11. The van der Waals surface area contributed by atoms with E-state index < -0.39 is 60.7 Å². The monoisotopic (exact) mass is 469 g/mol. The van der Waals surface area contributed by atoms with Crippen LogP contribution >= 0.6 is 0 Å². The average molecular weight is 469 g/mol. The number of rotatable bonds is 7. The molecule has 1 aliphatic heterocycles. The van der Waals surface area contributed by atoms with Gasteiger partial charge < -0.3 is 33.9 Å². The van der Waals surface area contributed by atoms with Gasteiger partial charge in [-0.3, -0.25) is 19.7 Å². The van der Waals surface area contributed by atoms with E-state index in [0.717, 1.165) is 20.8 Å². The molecule has 13 heteroatoms. The SMILES string of the molecule is CC(=O)OC1C(OC(=O)Nc2ccc(CO)cc2)OC(C(=O)O)C(OC(C)=O)C1OC(C)=O. The fourth-order valence-corrected chi connectivity index (χ4v) is 3.01. The Balaban J connectivity index is 2.32. The van der Waals surface area contributed by atoms with Crippen LogP contribution in [0.25, 0.3) is 0 Å². The highest BCUT2D eigenvalue weighted by Gasteiger charge is 2.55. The molecule has 3 N–H and O–H groups in total. The molecule has 33 heavy (non-hydrogen) atoms. The minimum absolute atomic E-state index is 0.206. The second-order valence-electron chi connectivity index (χ2n) is 6.87. The lowest BCUT2D eigenvalue weighted by Gasteiger charge is -2.42. The lowest BCUT2D eigenvalue weighted by Crippen LogP contribution is -2.64. The van der Waals surface area contributed by atoms with Crippen LogP contribution in [0.15, 0.2) is 24.3 Å². The molecule has 1 fully saturated rings. The maximum Gasteiger partial charge on any atom is 0.414 e. The van der Waals surface area contributed by atoms with Gasteiger partial charge in [-0.2, -0.15) is 0 Å². The molecule has 180 valence electrons. The fraction of sp³-hybridized carbons (Fsp3) is 0.450. The summed E-state index contributed by atoms with van der Waals surface area (Å²) in [6.45, 7) is 2.79. The minimum Gasteiger partial charge on any atom is -0.479 e. The standard InChI is InChI=1S/C20H23NO12/c1-9(23)29-14-15(30-10(2)24)17(31-11(3)25)19(32-16(14)18(26)27)33-20(28)21-13-6-4-12(8-22)5-7-13/h4-7,14-17,19,22H,8H2,1-3H3,(H,21,28)(H,26,27). The Morgan fingerprint density at radius 2 is 1.36 bits per heavy atom. The smallest absolute Gasteiger partial charge is 0.414 e. The van der Waals surface area contributed by atoms with Crippen molar-refractivity contribution in [3.05, 3.63) is 29.8 Å². The van der Waals surface area contributed by atoms with Gasteiger partial charge in [0, 0.05) is 26.5 Å². The number of carboxylic acid groups (broad SMARTS) is 1. The average Bonchev–Trinajstić information content (AvgIpc) is 2.71. The fourth-order valence-electron chi connectivity index (χ4n) is 3.01. The van der Waals surface area contributed by atoms with Crippen molar-refractivity contribution in [2.45, 2.75) is 58.1 Å². The molecule has 0 spiro atoms. The lowest BCUT2D eigenvalue weighted by atomic mass is 9.98. The summed E-state index contributed by atoms with van der Waals surface area (Å²) in [5.74, 6) is -4.34. The zero-order chi connectivity index (χ0) is 24.7. The Labute approximate surface area is 187 Å². The summed E-state index contributed by atoms with van der Waals surface area (Å²) in [6.07, 6.45) is -9.91. The van der Waals surface area contributed by atoms with E-state index in [1.807, 2.05) is 0 Å². The van der Waals surface area contributed by atoms with Gasteiger partial charge in [0.2, 0.25) is 12.4 Å². The number of benzene rings is 1. The Morgan fingerprint density at radius 3 is 1.85 bits per heavy atom. The molecule has 5 atom stereocenters. The number of anilines is 1. The van der Waals surface area contributed by atoms with Crippen molar-refractivity contribution < 1.29 is 57.9 Å². The number of aliphatic hydroxyl groups excluding tert-OH is 1. The summed E-state index contributed by atoms with van der Waals surface area (Å²) in [5, 5.41) is 21.0. The molecule has 0 aliphatic carbocycles. The van der Waals surface area contributed by atoms with Crippen molar-refractivity contribution in [2.24, 2.45) is 0 Å². The number of aliphatic hydroxyl groups is 1. The molecular weight excluding hydrogens is 446 g/mol. The molecule has 1 amide bonds. The van der Waals surface area contributed by atoms with Gasteiger partial charge in [0.05, 0.1) is 6.61 Å². The molecule has 0 aromatic heterocycles. The van der Waals surface area contributed by atoms with Gasteiger partial charge in [-0.25, -0.2) is 9.59 Å². The number of amides is 1. The normalized spacial score (nSPS) is 24.2. The van der Waals surface area contributed by atoms with Gasteiger partial charge >= 0.3 is 30.0 Å². The van der Waals surface area contributed by atoms with Gasteiger partial charge in [-0.05, 0) is 17.7 Å². The van der Waals surface area contributed by atoms with Crippen LogP contribution in [0.3, 0.4) is 0 Å². The first-order valence-electron chi connectivity index (χ1n) is 9.59. The number of carbonyl (C=O) groups excluding carboxylic acids is 4. The maximum absolute atomic E-state index is 12.4. The zero-order valence-corrected chi connectivity index (χ0v) is 17.9. The van der Waals surface area contributed by atoms with Crippen molar-refractivity contribution in [3.63, 3.8) is 0 Å². The van der Waals surface area contributed by atoms with Crippen molar-refractivity contribution in [2.75, 3.05) is 5.32 Å². The zero-order valence-electron chi connectivity index (χ0n) is 17.9. The number of esters is 3. The molecule has 1 saturated heterocycles. The molecule has 1 aromatic carbocycles. The van der Waals surface area contributed by atoms with Crippen molar-refractivity contribution in [3.8, 4) is 0 Å². The van der Waals surface area contributed by atoms with Gasteiger partial charge in [-0.1, -0.05) is 12.1 Å². The second-order valence-corrected chi connectivity index (χ2v) is 6.87. The molecule has 0 saturated carbocycles. The first-order valence-corrected chi connectivity index (χ1v) is 9.59. The highest BCUT2D eigenvalue weighted by Crippen LogP contribution is 2.30. The molecular formula is C20H23NO12. The highest BCUT2D eigenvalue weighted by atomic mass is 16.8. The van der Waals surface area contributed by atoms with E-state index >= 15 is 0 Å². The van der Waals surface area contributed by atoms with E-state index in [-0.39, 0.29) is 12.3 Å². The first-order chi connectivity index (χ1) is 15.5. The summed E-state index contributed by atoms with van der Waals surface area (Å²) >= 11 is 0. The molecule has 1 heterocycles. The number of ether oxygens (including phenoxy) is 5. The Bertz CT molecular complexity index is 899. The third kappa shape index (κ3) is 7.15. The highest BCUT2D eigenvalue weighted by molar-refractivity contribution is 5.84. The van der Waals surface area contributed by atoms with Gasteiger partial charge in [0.15, 0.2) is 18.3 Å². The van der Waals surface area contributed by atoms with Crippen molar-refractivity contribution in [1.29, 1.82) is 0 Å². The number of carboxylic acids is 1. The lowest BCUT2D eigenvalue weighted by molar-refractivity contribution is -0.287. The molecule has 0 radical (unpaired) electrons. The van der Waals surface area contributed by atoms with E-state index in [0.29, 0.717) is 5.56 Å². The predicted molar refractivity (Wildman–Crippen MR) is 105 cm³/mol. The number of aliphatic carboxylic acids is 1. The van der Waals surface area contributed by atoms with Crippen LogP contribution in [0.1, 0.15) is 26.3 Å². The molecule has 13 nitrogen and oxygen atoms in total. The van der Waals surface area contributed by atoms with Gasteiger partial charge in [0.25, 0.3) is 0 Å². The van der Waals surface area contributed by atoms with Crippen LogP contribution in [0.5, 0.6) is 0 Å². The van der Waals surface area contributed by atoms with Crippen LogP contribution in [0, 0.1) is 0 Å². The predicted octanol–water partition coefficient (Wildman–Crippen LogP) is 0.332. The van der Waals surface area contributed by atoms with E-state index in [9.17, 15) is 29.1 Å². The number of carbonyl (C=O) groups is 5. The van der Waals surface area contributed by atoms with Crippen LogP contribution < -0.4 is 5.32 Å². The second kappa shape index (κ2) is 11.2. The molecule has 1 aromatic rings. The summed E-state index contributed by atoms with van der Waals surface area (Å²) in [4.78, 5) is 58.9. The third-order valence-corrected chi connectivity index (χ3v) is 4.25. The summed E-state index contributed by atoms with van der Waals surface area (Å²) < 4.78 is 25.5. The van der Waals surface area contributed by atoms with E-state index in [4.69, 9.17) is 28.8 Å².